The molecule has 1 aromatic rings. The minimum absolute atomic E-state index is 0.0909. The van der Waals surface area contributed by atoms with E-state index in [4.69, 9.17) is 9.47 Å². The zero-order chi connectivity index (χ0) is 15.3. The lowest BCUT2D eigenvalue weighted by Gasteiger charge is -2.28. The van der Waals surface area contributed by atoms with Crippen LogP contribution in [0.4, 0.5) is 0 Å². The molecule has 2 atom stereocenters. The minimum Gasteiger partial charge on any atom is -0.490 e. The van der Waals surface area contributed by atoms with E-state index in [1.54, 1.807) is 7.11 Å². The van der Waals surface area contributed by atoms with Crippen molar-refractivity contribution in [1.29, 1.82) is 0 Å². The van der Waals surface area contributed by atoms with Crippen LogP contribution in [0.2, 0.25) is 0 Å². The number of nitrogens with zero attached hydrogens (tertiary/aromatic N) is 1. The summed E-state index contributed by atoms with van der Waals surface area (Å²) in [6.07, 6.45) is 6.83. The molecule has 1 aliphatic rings. The van der Waals surface area contributed by atoms with Crippen LogP contribution < -0.4 is 10.1 Å². The van der Waals surface area contributed by atoms with Gasteiger partial charge in [0.1, 0.15) is 11.9 Å². The van der Waals surface area contributed by atoms with Gasteiger partial charge in [-0.25, -0.2) is 0 Å². The summed E-state index contributed by atoms with van der Waals surface area (Å²) >= 11 is 0. The van der Waals surface area contributed by atoms with Gasteiger partial charge in [-0.1, -0.05) is 0 Å². The van der Waals surface area contributed by atoms with Crippen LogP contribution in [0.25, 0.3) is 0 Å². The van der Waals surface area contributed by atoms with E-state index >= 15 is 0 Å². The van der Waals surface area contributed by atoms with Gasteiger partial charge in [0.05, 0.1) is 11.8 Å². The van der Waals surface area contributed by atoms with Gasteiger partial charge in [0.2, 0.25) is 0 Å². The first kappa shape index (κ1) is 16.2. The number of hydrogen-bond acceptors (Lipinski definition) is 4. The number of nitrogens with one attached hydrogen (secondary N) is 1. The smallest absolute Gasteiger partial charge is 0.123 e. The predicted molar refractivity (Wildman–Crippen MR) is 84.5 cm³/mol. The number of ether oxygens (including phenoxy) is 2. The monoisotopic (exact) mass is 292 g/mol. The van der Waals surface area contributed by atoms with Crippen LogP contribution in [0.1, 0.15) is 52.1 Å². The quantitative estimate of drug-likeness (QED) is 0.904. The second-order valence-corrected chi connectivity index (χ2v) is 6.85. The van der Waals surface area contributed by atoms with Crippen LogP contribution in [-0.4, -0.2) is 29.8 Å². The van der Waals surface area contributed by atoms with Crippen molar-refractivity contribution >= 4 is 0 Å². The molecule has 2 rings (SSSR count). The van der Waals surface area contributed by atoms with Gasteiger partial charge in [-0.15, -0.1) is 0 Å². The Hall–Kier alpha value is -1.13. The molecule has 0 spiro atoms. The van der Waals surface area contributed by atoms with Gasteiger partial charge in [-0.05, 0) is 46.1 Å². The molecule has 4 heteroatoms. The Morgan fingerprint density at radius 1 is 1.29 bits per heavy atom. The Kier molecular flexibility index (Phi) is 5.59. The zero-order valence-corrected chi connectivity index (χ0v) is 13.7. The minimum atomic E-state index is 0.0909. The summed E-state index contributed by atoms with van der Waals surface area (Å²) in [5.41, 5.74) is 1.11. The number of aromatic nitrogens is 1. The number of hydrogen-bond donors (Lipinski definition) is 1. The van der Waals surface area contributed by atoms with Crippen LogP contribution >= 0.6 is 0 Å². The highest BCUT2D eigenvalue weighted by molar-refractivity contribution is 5.23. The van der Waals surface area contributed by atoms with Gasteiger partial charge in [-0.3, -0.25) is 4.98 Å². The Morgan fingerprint density at radius 2 is 2.05 bits per heavy atom. The summed E-state index contributed by atoms with van der Waals surface area (Å²) in [5, 5.41) is 3.45. The SMILES string of the molecule is COC1CCCC(Oc2ccnc(CNC(C)(C)C)c2)C1. The highest BCUT2D eigenvalue weighted by Gasteiger charge is 2.23. The molecule has 0 bridgehead atoms. The summed E-state index contributed by atoms with van der Waals surface area (Å²) in [6, 6.07) is 3.98. The van der Waals surface area contributed by atoms with Crippen molar-refractivity contribution in [3.8, 4) is 5.75 Å². The second-order valence-electron chi connectivity index (χ2n) is 6.85. The molecule has 4 nitrogen and oxygen atoms in total. The van der Waals surface area contributed by atoms with Crippen molar-refractivity contribution in [3.05, 3.63) is 24.0 Å². The number of pyridine rings is 1. The fourth-order valence-corrected chi connectivity index (χ4v) is 2.60. The van der Waals surface area contributed by atoms with Gasteiger partial charge in [-0.2, -0.15) is 0 Å². The Morgan fingerprint density at radius 3 is 2.76 bits per heavy atom. The second kappa shape index (κ2) is 7.23. The van der Waals surface area contributed by atoms with Crippen molar-refractivity contribution in [2.45, 2.75) is 70.7 Å². The summed E-state index contributed by atoms with van der Waals surface area (Å²) < 4.78 is 11.6. The first-order chi connectivity index (χ1) is 9.96. The van der Waals surface area contributed by atoms with Crippen LogP contribution in [0.5, 0.6) is 5.75 Å². The molecule has 0 amide bonds. The highest BCUT2D eigenvalue weighted by atomic mass is 16.5. The third-order valence-electron chi connectivity index (χ3n) is 3.80. The molecule has 2 unspecified atom stereocenters. The van der Waals surface area contributed by atoms with Crippen molar-refractivity contribution in [2.75, 3.05) is 7.11 Å². The van der Waals surface area contributed by atoms with Crippen molar-refractivity contribution in [3.63, 3.8) is 0 Å². The molecular formula is C17H28N2O2. The van der Waals surface area contributed by atoms with Gasteiger partial charge in [0.25, 0.3) is 0 Å². The highest BCUT2D eigenvalue weighted by Crippen LogP contribution is 2.25. The van der Waals surface area contributed by atoms with Crippen molar-refractivity contribution < 1.29 is 9.47 Å². The average Bonchev–Trinajstić information content (AvgIpc) is 2.45. The number of methoxy groups -OCH3 is 1. The summed E-state index contributed by atoms with van der Waals surface area (Å²) in [7, 11) is 1.79. The lowest BCUT2D eigenvalue weighted by atomic mass is 9.95. The molecule has 0 radical (unpaired) electrons. The molecule has 0 aliphatic heterocycles. The first-order valence-corrected chi connectivity index (χ1v) is 7.86. The molecule has 1 N–H and O–H groups in total. The van der Waals surface area contributed by atoms with Gasteiger partial charge in [0, 0.05) is 37.9 Å². The maximum Gasteiger partial charge on any atom is 0.123 e. The Bertz CT molecular complexity index is 443. The van der Waals surface area contributed by atoms with E-state index in [-0.39, 0.29) is 11.6 Å². The maximum absolute atomic E-state index is 6.11. The standard InChI is InChI=1S/C17H28N2O2/c1-17(2,3)19-12-13-10-16(8-9-18-13)21-15-7-5-6-14(11-15)20-4/h8-10,14-15,19H,5-7,11-12H2,1-4H3. The average molecular weight is 292 g/mol. The van der Waals surface area contributed by atoms with Crippen molar-refractivity contribution in [2.24, 2.45) is 0 Å². The van der Waals surface area contributed by atoms with Gasteiger partial charge >= 0.3 is 0 Å². The van der Waals surface area contributed by atoms with E-state index in [1.165, 1.54) is 6.42 Å². The van der Waals surface area contributed by atoms with Crippen LogP contribution in [0, 0.1) is 0 Å². The van der Waals surface area contributed by atoms with E-state index in [0.717, 1.165) is 37.3 Å². The Labute approximate surface area is 128 Å². The molecule has 0 saturated heterocycles. The normalized spacial score (nSPS) is 23.0. The molecule has 1 fully saturated rings. The lowest BCUT2D eigenvalue weighted by Crippen LogP contribution is -2.35. The van der Waals surface area contributed by atoms with E-state index in [2.05, 4.69) is 31.1 Å². The van der Waals surface area contributed by atoms with E-state index < -0.39 is 0 Å². The predicted octanol–water partition coefficient (Wildman–Crippen LogP) is 3.31. The van der Waals surface area contributed by atoms with Crippen LogP contribution in [0.3, 0.4) is 0 Å². The van der Waals surface area contributed by atoms with Crippen LogP contribution in [-0.2, 0) is 11.3 Å². The zero-order valence-electron chi connectivity index (χ0n) is 13.7. The molecule has 0 aromatic carbocycles. The molecule has 118 valence electrons. The molecule has 1 aliphatic carbocycles. The topological polar surface area (TPSA) is 43.4 Å². The molecule has 1 aromatic heterocycles. The summed E-state index contributed by atoms with van der Waals surface area (Å²) in [4.78, 5) is 4.40. The molecule has 1 saturated carbocycles. The number of rotatable bonds is 5. The van der Waals surface area contributed by atoms with Gasteiger partial charge < -0.3 is 14.8 Å². The van der Waals surface area contributed by atoms with E-state index in [0.29, 0.717) is 6.10 Å². The van der Waals surface area contributed by atoms with E-state index in [1.807, 2.05) is 18.3 Å². The maximum atomic E-state index is 6.11. The third-order valence-corrected chi connectivity index (χ3v) is 3.80. The van der Waals surface area contributed by atoms with Crippen LogP contribution in [0.15, 0.2) is 18.3 Å². The third kappa shape index (κ3) is 5.64. The fraction of sp³-hybridized carbons (Fsp3) is 0.706. The van der Waals surface area contributed by atoms with E-state index in [9.17, 15) is 0 Å². The molecule has 1 heterocycles. The molecular weight excluding hydrogens is 264 g/mol. The Balaban J connectivity index is 1.91. The fourth-order valence-electron chi connectivity index (χ4n) is 2.60. The summed E-state index contributed by atoms with van der Waals surface area (Å²) in [5.74, 6) is 0.914. The van der Waals surface area contributed by atoms with Crippen molar-refractivity contribution in [1.82, 2.24) is 10.3 Å². The lowest BCUT2D eigenvalue weighted by molar-refractivity contribution is 0.0209. The van der Waals surface area contributed by atoms with Gasteiger partial charge in [0.15, 0.2) is 0 Å². The summed E-state index contributed by atoms with van der Waals surface area (Å²) in [6.45, 7) is 7.22. The molecule has 21 heavy (non-hydrogen) atoms. The first-order valence-electron chi connectivity index (χ1n) is 7.86. The largest absolute Gasteiger partial charge is 0.490 e.